The minimum absolute atomic E-state index is 0.313. The third-order valence-corrected chi connectivity index (χ3v) is 8.06. The van der Waals surface area contributed by atoms with E-state index in [9.17, 15) is 9.59 Å². The summed E-state index contributed by atoms with van der Waals surface area (Å²) in [5.41, 5.74) is 3.28. The lowest BCUT2D eigenvalue weighted by Crippen LogP contribution is -2.35. The summed E-state index contributed by atoms with van der Waals surface area (Å²) < 4.78 is 16.8. The highest BCUT2D eigenvalue weighted by Gasteiger charge is 2.30. The highest BCUT2D eigenvalue weighted by Crippen LogP contribution is 2.46. The molecule has 1 N–H and O–H groups in total. The summed E-state index contributed by atoms with van der Waals surface area (Å²) in [6, 6.07) is 13.1. The Labute approximate surface area is 210 Å². The van der Waals surface area contributed by atoms with E-state index >= 15 is 0 Å². The van der Waals surface area contributed by atoms with E-state index in [2.05, 4.69) is 5.32 Å². The number of hydrogen-bond donors (Lipinski definition) is 1. The minimum Gasteiger partial charge on any atom is -0.493 e. The minimum atomic E-state index is -0.364. The SMILES string of the molecule is COC(=O)N1CCc2c(sc(NC(=O)c3cccc(OC)c3OC)c2-c2nc3ccccc3s2)C1. The van der Waals surface area contributed by atoms with Gasteiger partial charge in [0.1, 0.15) is 10.0 Å². The van der Waals surface area contributed by atoms with Crippen LogP contribution in [0.5, 0.6) is 11.5 Å². The molecule has 3 heterocycles. The van der Waals surface area contributed by atoms with Crippen LogP contribution in [0.3, 0.4) is 0 Å². The second-order valence-corrected chi connectivity index (χ2v) is 9.97. The molecule has 0 saturated carbocycles. The molecule has 0 radical (unpaired) electrons. The van der Waals surface area contributed by atoms with Crippen molar-refractivity contribution < 1.29 is 23.8 Å². The molecule has 1 aliphatic heterocycles. The van der Waals surface area contributed by atoms with Gasteiger partial charge >= 0.3 is 6.09 Å². The van der Waals surface area contributed by atoms with Gasteiger partial charge in [0.05, 0.1) is 43.7 Å². The quantitative estimate of drug-likeness (QED) is 0.386. The molecule has 10 heteroatoms. The largest absolute Gasteiger partial charge is 0.493 e. The summed E-state index contributed by atoms with van der Waals surface area (Å²) >= 11 is 3.04. The van der Waals surface area contributed by atoms with Crippen LogP contribution in [0.4, 0.5) is 9.80 Å². The molecule has 2 aromatic carbocycles. The molecule has 0 fully saturated rings. The number of amides is 2. The Kier molecular flexibility index (Phi) is 6.31. The van der Waals surface area contributed by atoms with Crippen LogP contribution in [0.1, 0.15) is 20.8 Å². The van der Waals surface area contributed by atoms with Crippen LogP contribution >= 0.6 is 22.7 Å². The van der Waals surface area contributed by atoms with Gasteiger partial charge in [-0.05, 0) is 36.2 Å². The van der Waals surface area contributed by atoms with Crippen molar-refractivity contribution in [3.63, 3.8) is 0 Å². The molecular formula is C25H23N3O5S2. The number of anilines is 1. The molecule has 5 rings (SSSR count). The predicted molar refractivity (Wildman–Crippen MR) is 137 cm³/mol. The van der Waals surface area contributed by atoms with E-state index < -0.39 is 0 Å². The Hall–Kier alpha value is -3.63. The maximum Gasteiger partial charge on any atom is 0.409 e. The zero-order chi connectivity index (χ0) is 24.5. The number of thiophene rings is 1. The zero-order valence-electron chi connectivity index (χ0n) is 19.4. The van der Waals surface area contributed by atoms with Crippen molar-refractivity contribution in [1.82, 2.24) is 9.88 Å². The molecule has 0 atom stereocenters. The van der Waals surface area contributed by atoms with E-state index in [4.69, 9.17) is 19.2 Å². The zero-order valence-corrected chi connectivity index (χ0v) is 21.0. The van der Waals surface area contributed by atoms with Gasteiger partial charge in [-0.2, -0.15) is 0 Å². The molecule has 0 aliphatic carbocycles. The molecule has 35 heavy (non-hydrogen) atoms. The fraction of sp³-hybridized carbons (Fsp3) is 0.240. The summed E-state index contributed by atoms with van der Waals surface area (Å²) in [5, 5.41) is 4.61. The second-order valence-electron chi connectivity index (χ2n) is 7.83. The van der Waals surface area contributed by atoms with Crippen molar-refractivity contribution in [1.29, 1.82) is 0 Å². The Morgan fingerprint density at radius 3 is 2.60 bits per heavy atom. The number of hydrogen-bond acceptors (Lipinski definition) is 8. The monoisotopic (exact) mass is 509 g/mol. The number of fused-ring (bicyclic) bond motifs is 2. The Bertz CT molecular complexity index is 1390. The Morgan fingerprint density at radius 1 is 1.03 bits per heavy atom. The summed E-state index contributed by atoms with van der Waals surface area (Å²) in [7, 11) is 4.42. The molecule has 180 valence electrons. The number of rotatable bonds is 5. The standard InChI is InChI=1S/C25H23N3O5S2/c1-31-17-9-6-7-15(21(17)32-2)22(29)27-24-20(23-26-16-8-4-5-10-18(16)34-23)14-11-12-28(25(30)33-3)13-19(14)35-24/h4-10H,11-13H2,1-3H3,(H,27,29). The van der Waals surface area contributed by atoms with Crippen LogP contribution in [-0.2, 0) is 17.7 Å². The van der Waals surface area contributed by atoms with Crippen LogP contribution in [0.2, 0.25) is 0 Å². The van der Waals surface area contributed by atoms with Gasteiger partial charge in [-0.25, -0.2) is 9.78 Å². The lowest BCUT2D eigenvalue weighted by molar-refractivity contribution is 0.102. The molecule has 2 aromatic heterocycles. The molecule has 8 nitrogen and oxygen atoms in total. The van der Waals surface area contributed by atoms with Crippen molar-refractivity contribution >= 4 is 49.9 Å². The molecule has 0 spiro atoms. The third-order valence-electron chi connectivity index (χ3n) is 5.87. The first-order valence-electron chi connectivity index (χ1n) is 10.9. The second kappa shape index (κ2) is 9.55. The van der Waals surface area contributed by atoms with E-state index in [0.717, 1.165) is 31.2 Å². The third kappa shape index (κ3) is 4.19. The average molecular weight is 510 g/mol. The number of ether oxygens (including phenoxy) is 3. The highest BCUT2D eigenvalue weighted by molar-refractivity contribution is 7.23. The maximum atomic E-state index is 13.4. The predicted octanol–water partition coefficient (Wildman–Crippen LogP) is 5.42. The summed E-state index contributed by atoms with van der Waals surface area (Å²) in [6.07, 6.45) is 0.280. The van der Waals surface area contributed by atoms with Gasteiger partial charge in [0.25, 0.3) is 5.91 Å². The van der Waals surface area contributed by atoms with Gasteiger partial charge in [-0.3, -0.25) is 4.79 Å². The first kappa shape index (κ1) is 23.1. The molecule has 4 aromatic rings. The fourth-order valence-corrected chi connectivity index (χ4v) is 6.59. The van der Waals surface area contributed by atoms with Crippen molar-refractivity contribution in [2.24, 2.45) is 0 Å². The number of carbonyl (C=O) groups is 2. The van der Waals surface area contributed by atoms with E-state index in [1.165, 1.54) is 32.7 Å². The van der Waals surface area contributed by atoms with Crippen LogP contribution in [0.25, 0.3) is 20.8 Å². The summed E-state index contributed by atoms with van der Waals surface area (Å²) in [5.74, 6) is 0.532. The van der Waals surface area contributed by atoms with E-state index in [1.54, 1.807) is 34.4 Å². The van der Waals surface area contributed by atoms with E-state index in [1.807, 2.05) is 24.3 Å². The summed E-state index contributed by atoms with van der Waals surface area (Å²) in [6.45, 7) is 0.953. The molecule has 1 aliphatic rings. The first-order valence-corrected chi connectivity index (χ1v) is 12.5. The number of para-hydroxylation sites is 2. The van der Waals surface area contributed by atoms with E-state index in [0.29, 0.717) is 41.6 Å². The van der Waals surface area contributed by atoms with Crippen molar-refractivity contribution in [3.05, 3.63) is 58.5 Å². The smallest absolute Gasteiger partial charge is 0.409 e. The number of carbonyl (C=O) groups excluding carboxylic acids is 2. The number of aromatic nitrogens is 1. The van der Waals surface area contributed by atoms with Crippen molar-refractivity contribution in [2.75, 3.05) is 33.2 Å². The number of nitrogens with zero attached hydrogens (tertiary/aromatic N) is 2. The summed E-state index contributed by atoms with van der Waals surface area (Å²) in [4.78, 5) is 33.1. The number of methoxy groups -OCH3 is 3. The van der Waals surface area contributed by atoms with Crippen molar-refractivity contribution in [2.45, 2.75) is 13.0 Å². The molecule has 0 bridgehead atoms. The van der Waals surface area contributed by atoms with Gasteiger partial charge in [0.2, 0.25) is 0 Å². The Morgan fingerprint density at radius 2 is 1.86 bits per heavy atom. The lowest BCUT2D eigenvalue weighted by atomic mass is 10.0. The van der Waals surface area contributed by atoms with Gasteiger partial charge in [-0.1, -0.05) is 18.2 Å². The molecule has 0 saturated heterocycles. The molecule has 0 unspecified atom stereocenters. The van der Waals surface area contributed by atoms with Crippen LogP contribution in [0, 0.1) is 0 Å². The maximum absolute atomic E-state index is 13.4. The van der Waals surface area contributed by atoms with Crippen LogP contribution < -0.4 is 14.8 Å². The number of benzene rings is 2. The Balaban J connectivity index is 1.58. The molecular weight excluding hydrogens is 486 g/mol. The van der Waals surface area contributed by atoms with Crippen LogP contribution in [0.15, 0.2) is 42.5 Å². The van der Waals surface area contributed by atoms with Gasteiger partial charge in [0.15, 0.2) is 11.5 Å². The fourth-order valence-electron chi connectivity index (χ4n) is 4.22. The highest BCUT2D eigenvalue weighted by atomic mass is 32.1. The molecule has 2 amide bonds. The lowest BCUT2D eigenvalue weighted by Gasteiger charge is -2.25. The number of thiazole rings is 1. The van der Waals surface area contributed by atoms with Gasteiger partial charge < -0.3 is 24.4 Å². The average Bonchev–Trinajstić information content (AvgIpc) is 3.47. The normalized spacial score (nSPS) is 12.8. The number of nitrogens with one attached hydrogen (secondary N) is 1. The van der Waals surface area contributed by atoms with Gasteiger partial charge in [0, 0.05) is 17.0 Å². The van der Waals surface area contributed by atoms with Crippen molar-refractivity contribution in [3.8, 4) is 22.1 Å². The topological polar surface area (TPSA) is 90.0 Å². The first-order chi connectivity index (χ1) is 17.0. The van der Waals surface area contributed by atoms with Gasteiger partial charge in [-0.15, -0.1) is 22.7 Å². The van der Waals surface area contributed by atoms with Crippen LogP contribution in [-0.4, -0.2) is 49.8 Å². The van der Waals surface area contributed by atoms with E-state index in [-0.39, 0.29) is 12.0 Å².